The second kappa shape index (κ2) is 6.22. The lowest BCUT2D eigenvalue weighted by atomic mass is 9.93. The molecule has 2 aliphatic heterocycles. The average Bonchev–Trinajstić information content (AvgIpc) is 2.53. The van der Waals surface area contributed by atoms with Crippen LogP contribution in [0.4, 0.5) is 0 Å². The SMILES string of the molecule is CN1Cc2ccccc2CC1C(=O)N1CCN(S(C)(=O)=O)CC1. The van der Waals surface area contributed by atoms with Gasteiger partial charge in [0.05, 0.1) is 12.3 Å². The number of rotatable bonds is 2. The molecule has 1 unspecified atom stereocenters. The number of benzene rings is 1. The molecule has 3 rings (SSSR count). The summed E-state index contributed by atoms with van der Waals surface area (Å²) in [6.45, 7) is 2.49. The number of hydrogen-bond donors (Lipinski definition) is 0. The summed E-state index contributed by atoms with van der Waals surface area (Å²) in [7, 11) is -1.19. The summed E-state index contributed by atoms with van der Waals surface area (Å²) in [4.78, 5) is 16.7. The van der Waals surface area contributed by atoms with Gasteiger partial charge < -0.3 is 4.90 Å². The molecular weight excluding hydrogens is 314 g/mol. The van der Waals surface area contributed by atoms with Crippen LogP contribution in [-0.2, 0) is 27.8 Å². The maximum absolute atomic E-state index is 12.8. The first-order valence-electron chi connectivity index (χ1n) is 7.87. The first-order chi connectivity index (χ1) is 10.9. The van der Waals surface area contributed by atoms with E-state index in [0.29, 0.717) is 26.2 Å². The maximum Gasteiger partial charge on any atom is 0.240 e. The molecule has 0 N–H and O–H groups in total. The fraction of sp³-hybridized carbons (Fsp3) is 0.562. The molecule has 2 aliphatic rings. The summed E-state index contributed by atoms with van der Waals surface area (Å²) in [6, 6.07) is 8.08. The normalized spacial score (nSPS) is 23.6. The number of piperazine rings is 1. The van der Waals surface area contributed by atoms with Crippen LogP contribution >= 0.6 is 0 Å². The monoisotopic (exact) mass is 337 g/mol. The second-order valence-electron chi connectivity index (χ2n) is 6.39. The number of sulfonamides is 1. The maximum atomic E-state index is 12.8. The summed E-state index contributed by atoms with van der Waals surface area (Å²) in [6.07, 6.45) is 1.94. The Bertz CT molecular complexity index is 696. The Balaban J connectivity index is 1.68. The van der Waals surface area contributed by atoms with E-state index in [2.05, 4.69) is 17.0 Å². The lowest BCUT2D eigenvalue weighted by Gasteiger charge is -2.39. The van der Waals surface area contributed by atoms with E-state index in [1.807, 2.05) is 19.2 Å². The van der Waals surface area contributed by atoms with E-state index in [1.54, 1.807) is 4.90 Å². The molecule has 0 aromatic heterocycles. The van der Waals surface area contributed by atoms with E-state index < -0.39 is 10.0 Å². The van der Waals surface area contributed by atoms with Crippen molar-refractivity contribution in [3.05, 3.63) is 35.4 Å². The molecule has 23 heavy (non-hydrogen) atoms. The number of fused-ring (bicyclic) bond motifs is 1. The number of hydrogen-bond acceptors (Lipinski definition) is 4. The zero-order chi connectivity index (χ0) is 16.6. The van der Waals surface area contributed by atoms with E-state index in [0.717, 1.165) is 13.0 Å². The number of likely N-dealkylation sites (N-methyl/N-ethyl adjacent to an activating group) is 1. The predicted molar refractivity (Wildman–Crippen MR) is 88.4 cm³/mol. The van der Waals surface area contributed by atoms with Crippen molar-refractivity contribution in [2.24, 2.45) is 0 Å². The van der Waals surface area contributed by atoms with Crippen LogP contribution in [0.3, 0.4) is 0 Å². The van der Waals surface area contributed by atoms with Gasteiger partial charge in [0.15, 0.2) is 0 Å². The highest BCUT2D eigenvalue weighted by molar-refractivity contribution is 7.88. The van der Waals surface area contributed by atoms with Gasteiger partial charge in [0.1, 0.15) is 0 Å². The van der Waals surface area contributed by atoms with Crippen molar-refractivity contribution in [1.82, 2.24) is 14.1 Å². The number of carbonyl (C=O) groups excluding carboxylic acids is 1. The minimum Gasteiger partial charge on any atom is -0.339 e. The summed E-state index contributed by atoms with van der Waals surface area (Å²) >= 11 is 0. The standard InChI is InChI=1S/C16H23N3O3S/c1-17-12-14-6-4-3-5-13(14)11-15(17)16(20)18-7-9-19(10-8-18)23(2,21)22/h3-6,15H,7-12H2,1-2H3. The van der Waals surface area contributed by atoms with E-state index in [9.17, 15) is 13.2 Å². The van der Waals surface area contributed by atoms with Gasteiger partial charge in [-0.1, -0.05) is 24.3 Å². The number of nitrogens with zero attached hydrogens (tertiary/aromatic N) is 3. The predicted octanol–water partition coefficient (Wildman–Crippen LogP) is 0.147. The number of carbonyl (C=O) groups is 1. The molecule has 7 heteroatoms. The Morgan fingerprint density at radius 3 is 2.30 bits per heavy atom. The fourth-order valence-corrected chi connectivity index (χ4v) is 4.21. The van der Waals surface area contributed by atoms with Gasteiger partial charge in [0.2, 0.25) is 15.9 Å². The summed E-state index contributed by atoms with van der Waals surface area (Å²) in [5, 5.41) is 0. The Kier molecular flexibility index (Phi) is 4.44. The number of amides is 1. The minimum absolute atomic E-state index is 0.107. The summed E-state index contributed by atoms with van der Waals surface area (Å²) in [5.41, 5.74) is 2.51. The van der Waals surface area contributed by atoms with Crippen molar-refractivity contribution < 1.29 is 13.2 Å². The zero-order valence-electron chi connectivity index (χ0n) is 13.6. The van der Waals surface area contributed by atoms with Crippen LogP contribution in [0, 0.1) is 0 Å². The molecule has 1 saturated heterocycles. The van der Waals surface area contributed by atoms with Crippen LogP contribution in [-0.4, -0.2) is 74.0 Å². The minimum atomic E-state index is -3.17. The quantitative estimate of drug-likeness (QED) is 0.771. The largest absolute Gasteiger partial charge is 0.339 e. The third kappa shape index (κ3) is 3.41. The molecule has 2 heterocycles. The van der Waals surface area contributed by atoms with Gasteiger partial charge in [-0.05, 0) is 24.6 Å². The van der Waals surface area contributed by atoms with Crippen molar-refractivity contribution in [3.63, 3.8) is 0 Å². The van der Waals surface area contributed by atoms with E-state index in [1.165, 1.54) is 21.7 Å². The summed E-state index contributed by atoms with van der Waals surface area (Å²) < 4.78 is 24.6. The van der Waals surface area contributed by atoms with Crippen molar-refractivity contribution >= 4 is 15.9 Å². The van der Waals surface area contributed by atoms with Gasteiger partial charge in [0.25, 0.3) is 0 Å². The molecular formula is C16H23N3O3S. The highest BCUT2D eigenvalue weighted by Crippen LogP contribution is 2.23. The topological polar surface area (TPSA) is 60.9 Å². The first-order valence-corrected chi connectivity index (χ1v) is 9.72. The summed E-state index contributed by atoms with van der Waals surface area (Å²) in [5.74, 6) is 0.107. The first kappa shape index (κ1) is 16.4. The van der Waals surface area contributed by atoms with Gasteiger partial charge in [-0.2, -0.15) is 4.31 Å². The van der Waals surface area contributed by atoms with Crippen molar-refractivity contribution in [3.8, 4) is 0 Å². The molecule has 1 amide bonds. The lowest BCUT2D eigenvalue weighted by molar-refractivity contribution is -0.138. The van der Waals surface area contributed by atoms with Gasteiger partial charge >= 0.3 is 0 Å². The molecule has 1 aromatic carbocycles. The Labute approximate surface area is 137 Å². The van der Waals surface area contributed by atoms with Crippen LogP contribution < -0.4 is 0 Å². The molecule has 0 spiro atoms. The zero-order valence-corrected chi connectivity index (χ0v) is 14.4. The van der Waals surface area contributed by atoms with E-state index in [4.69, 9.17) is 0 Å². The molecule has 1 atom stereocenters. The van der Waals surface area contributed by atoms with E-state index in [-0.39, 0.29) is 11.9 Å². The second-order valence-corrected chi connectivity index (χ2v) is 8.37. The average molecular weight is 337 g/mol. The molecule has 6 nitrogen and oxygen atoms in total. The van der Waals surface area contributed by atoms with Gasteiger partial charge in [0, 0.05) is 32.7 Å². The fourth-order valence-electron chi connectivity index (χ4n) is 3.38. The van der Waals surface area contributed by atoms with Crippen LogP contribution in [0.15, 0.2) is 24.3 Å². The molecule has 0 aliphatic carbocycles. The third-order valence-corrected chi connectivity index (χ3v) is 6.09. The van der Waals surface area contributed by atoms with Gasteiger partial charge in [-0.3, -0.25) is 9.69 Å². The van der Waals surface area contributed by atoms with Crippen LogP contribution in [0.1, 0.15) is 11.1 Å². The Morgan fingerprint density at radius 1 is 1.09 bits per heavy atom. The molecule has 0 saturated carbocycles. The van der Waals surface area contributed by atoms with Crippen molar-refractivity contribution in [2.45, 2.75) is 19.0 Å². The Morgan fingerprint density at radius 2 is 1.70 bits per heavy atom. The van der Waals surface area contributed by atoms with E-state index >= 15 is 0 Å². The smallest absolute Gasteiger partial charge is 0.240 e. The molecule has 126 valence electrons. The highest BCUT2D eigenvalue weighted by atomic mass is 32.2. The molecule has 0 bridgehead atoms. The van der Waals surface area contributed by atoms with Crippen molar-refractivity contribution in [1.29, 1.82) is 0 Å². The van der Waals surface area contributed by atoms with Crippen LogP contribution in [0.5, 0.6) is 0 Å². The Hall–Kier alpha value is -1.44. The van der Waals surface area contributed by atoms with Gasteiger partial charge in [-0.15, -0.1) is 0 Å². The lowest BCUT2D eigenvalue weighted by Crippen LogP contribution is -2.56. The van der Waals surface area contributed by atoms with Crippen LogP contribution in [0.2, 0.25) is 0 Å². The molecule has 0 radical (unpaired) electrons. The molecule has 1 aromatic rings. The highest BCUT2D eigenvalue weighted by Gasteiger charge is 2.34. The third-order valence-electron chi connectivity index (χ3n) is 4.79. The van der Waals surface area contributed by atoms with Crippen molar-refractivity contribution in [2.75, 3.05) is 39.5 Å². The molecule has 1 fully saturated rings. The van der Waals surface area contributed by atoms with Crippen LogP contribution in [0.25, 0.3) is 0 Å². The van der Waals surface area contributed by atoms with Gasteiger partial charge in [-0.25, -0.2) is 8.42 Å².